The molecule has 0 aliphatic heterocycles. The molecular formula is C23H21Cl2Zr-3. The van der Waals surface area contributed by atoms with Gasteiger partial charge in [-0.25, -0.2) is 23.8 Å². The van der Waals surface area contributed by atoms with E-state index >= 15 is 0 Å². The molecule has 1 aliphatic rings. The van der Waals surface area contributed by atoms with E-state index in [0.717, 1.165) is 12.0 Å². The second-order valence-electron chi connectivity index (χ2n) is 5.37. The Labute approximate surface area is 189 Å². The van der Waals surface area contributed by atoms with Crippen molar-refractivity contribution in [3.8, 4) is 11.1 Å². The molecule has 0 amide bonds. The SMILES string of the molecule is [CH-]=CC(=C)C.[Cl-].[Cl-].[Zr+2].[c-]1cccc2c1Cc1ccccc1-2.c1cc[cH-]c1. The van der Waals surface area contributed by atoms with E-state index in [1.165, 1.54) is 28.3 Å². The summed E-state index contributed by atoms with van der Waals surface area (Å²) in [4.78, 5) is 0. The van der Waals surface area contributed by atoms with Gasteiger partial charge in [0.1, 0.15) is 0 Å². The summed E-state index contributed by atoms with van der Waals surface area (Å²) < 4.78 is 0. The van der Waals surface area contributed by atoms with E-state index in [1.807, 2.05) is 43.3 Å². The Bertz CT molecular complexity index is 701. The third-order valence-corrected chi connectivity index (χ3v) is 3.46. The summed E-state index contributed by atoms with van der Waals surface area (Å²) in [5.41, 5.74) is 6.42. The molecule has 3 heteroatoms. The van der Waals surface area contributed by atoms with Crippen molar-refractivity contribution >= 4 is 0 Å². The van der Waals surface area contributed by atoms with Crippen LogP contribution in [-0.2, 0) is 32.6 Å². The van der Waals surface area contributed by atoms with Crippen LogP contribution in [0.5, 0.6) is 0 Å². The van der Waals surface area contributed by atoms with Crippen molar-refractivity contribution in [1.82, 2.24) is 0 Å². The molecule has 4 rings (SSSR count). The van der Waals surface area contributed by atoms with E-state index in [4.69, 9.17) is 6.58 Å². The molecule has 0 bridgehead atoms. The van der Waals surface area contributed by atoms with Crippen LogP contribution in [0.15, 0.2) is 91.0 Å². The van der Waals surface area contributed by atoms with Crippen molar-refractivity contribution in [2.45, 2.75) is 13.3 Å². The zero-order valence-electron chi connectivity index (χ0n) is 14.8. The van der Waals surface area contributed by atoms with E-state index in [0.29, 0.717) is 0 Å². The first kappa shape index (κ1) is 27.0. The summed E-state index contributed by atoms with van der Waals surface area (Å²) >= 11 is 0. The van der Waals surface area contributed by atoms with Crippen LogP contribution < -0.4 is 24.8 Å². The van der Waals surface area contributed by atoms with Crippen molar-refractivity contribution in [3.63, 3.8) is 0 Å². The Morgan fingerprint density at radius 2 is 1.62 bits per heavy atom. The second kappa shape index (κ2) is 14.9. The minimum absolute atomic E-state index is 0. The van der Waals surface area contributed by atoms with E-state index < -0.39 is 0 Å². The van der Waals surface area contributed by atoms with Crippen LogP contribution in [-0.4, -0.2) is 0 Å². The fraction of sp³-hybridized carbons (Fsp3) is 0.0870. The topological polar surface area (TPSA) is 0 Å². The number of hydrogen-bond donors (Lipinski definition) is 0. The standard InChI is InChI=1S/C13H9.C5H5.C5H7.2ClH.Zr/c1-3-7-12-10(5-1)9-11-6-2-4-8-13(11)12;1-2-4-5-3-1;1-4-5(2)3;;;/h1-5,7-8H,9H2;1-5H;1,4H,2H2,3H3;2*1H;/q3*-1;;;+2/p-2. The Kier molecular flexibility index (Phi) is 15.4. The van der Waals surface area contributed by atoms with Crippen molar-refractivity contribution in [2.75, 3.05) is 0 Å². The smallest absolute Gasteiger partial charge is 1.00 e. The molecule has 0 saturated heterocycles. The van der Waals surface area contributed by atoms with Crippen LogP contribution >= 0.6 is 0 Å². The van der Waals surface area contributed by atoms with Crippen molar-refractivity contribution in [2.24, 2.45) is 0 Å². The first-order valence-corrected chi connectivity index (χ1v) is 7.67. The fourth-order valence-electron chi connectivity index (χ4n) is 2.32. The fourth-order valence-corrected chi connectivity index (χ4v) is 2.32. The summed E-state index contributed by atoms with van der Waals surface area (Å²) in [6.07, 6.45) is 2.52. The predicted octanol–water partition coefficient (Wildman–Crippen LogP) is 0.0207. The molecular weight excluding hydrogens is 438 g/mol. The predicted molar refractivity (Wildman–Crippen MR) is 99.2 cm³/mol. The van der Waals surface area contributed by atoms with Gasteiger partial charge in [-0.3, -0.25) is 6.58 Å². The molecule has 0 N–H and O–H groups in total. The van der Waals surface area contributed by atoms with Gasteiger partial charge in [0.25, 0.3) is 0 Å². The van der Waals surface area contributed by atoms with Gasteiger partial charge in [-0.2, -0.15) is 54.6 Å². The van der Waals surface area contributed by atoms with Crippen LogP contribution in [0.1, 0.15) is 18.1 Å². The Morgan fingerprint density at radius 1 is 1.04 bits per heavy atom. The first-order valence-electron chi connectivity index (χ1n) is 7.67. The molecule has 0 nitrogen and oxygen atoms in total. The van der Waals surface area contributed by atoms with E-state index in [9.17, 15) is 0 Å². The molecule has 0 atom stereocenters. The van der Waals surface area contributed by atoms with Crippen molar-refractivity contribution in [1.29, 1.82) is 0 Å². The van der Waals surface area contributed by atoms with Gasteiger partial charge in [0.15, 0.2) is 0 Å². The molecule has 0 fully saturated rings. The normalized spacial score (nSPS) is 8.96. The Balaban J connectivity index is 0. The Morgan fingerprint density at radius 3 is 2.15 bits per heavy atom. The molecule has 3 aromatic rings. The molecule has 0 unspecified atom stereocenters. The maximum atomic E-state index is 4.95. The average molecular weight is 460 g/mol. The van der Waals surface area contributed by atoms with Gasteiger partial charge in [0, 0.05) is 0 Å². The molecule has 0 aromatic heterocycles. The molecule has 134 valence electrons. The first-order chi connectivity index (χ1) is 11.2. The molecule has 0 saturated carbocycles. The summed E-state index contributed by atoms with van der Waals surface area (Å²) in [6.45, 7) is 10.3. The van der Waals surface area contributed by atoms with Gasteiger partial charge in [-0.1, -0.05) is 35.4 Å². The van der Waals surface area contributed by atoms with E-state index in [-0.39, 0.29) is 51.0 Å². The largest absolute Gasteiger partial charge is 2.00 e. The van der Waals surface area contributed by atoms with Crippen LogP contribution in [0.3, 0.4) is 0 Å². The van der Waals surface area contributed by atoms with Gasteiger partial charge >= 0.3 is 26.2 Å². The minimum atomic E-state index is 0. The molecule has 0 spiro atoms. The van der Waals surface area contributed by atoms with Gasteiger partial charge in [0.2, 0.25) is 0 Å². The summed E-state index contributed by atoms with van der Waals surface area (Å²) in [5, 5.41) is 0. The van der Waals surface area contributed by atoms with Gasteiger partial charge < -0.3 is 24.8 Å². The average Bonchev–Trinajstić information content (AvgIpc) is 3.26. The van der Waals surface area contributed by atoms with E-state index in [1.54, 1.807) is 0 Å². The number of benzene rings is 2. The molecule has 3 aromatic carbocycles. The molecule has 26 heavy (non-hydrogen) atoms. The molecule has 1 aliphatic carbocycles. The maximum Gasteiger partial charge on any atom is 2.00 e. The number of fused-ring (bicyclic) bond motifs is 3. The van der Waals surface area contributed by atoms with Crippen molar-refractivity contribution < 1.29 is 51.0 Å². The van der Waals surface area contributed by atoms with Crippen LogP contribution in [0.4, 0.5) is 0 Å². The second-order valence-corrected chi connectivity index (χ2v) is 5.37. The van der Waals surface area contributed by atoms with E-state index in [2.05, 4.69) is 49.0 Å². The van der Waals surface area contributed by atoms with Crippen LogP contribution in [0, 0.1) is 12.6 Å². The number of allylic oxidation sites excluding steroid dienone is 2. The number of halogens is 2. The third kappa shape index (κ3) is 8.41. The monoisotopic (exact) mass is 457 g/mol. The van der Waals surface area contributed by atoms with Crippen molar-refractivity contribution in [3.05, 3.63) is 115 Å². The summed E-state index contributed by atoms with van der Waals surface area (Å²) in [5.74, 6) is 0. The van der Waals surface area contributed by atoms with Crippen LogP contribution in [0.25, 0.3) is 11.1 Å². The summed E-state index contributed by atoms with van der Waals surface area (Å²) in [7, 11) is 0. The van der Waals surface area contributed by atoms with Gasteiger partial charge in [-0.05, 0) is 6.42 Å². The maximum absolute atomic E-state index is 4.95. The molecule has 0 radical (unpaired) electrons. The number of rotatable bonds is 1. The summed E-state index contributed by atoms with van der Waals surface area (Å²) in [6, 6.07) is 28.1. The quantitative estimate of drug-likeness (QED) is 0.278. The van der Waals surface area contributed by atoms with Gasteiger partial charge in [0.05, 0.1) is 0 Å². The zero-order chi connectivity index (χ0) is 16.5. The molecule has 0 heterocycles. The van der Waals surface area contributed by atoms with Gasteiger partial charge in [-0.15, -0.1) is 12.5 Å². The third-order valence-electron chi connectivity index (χ3n) is 3.46. The minimum Gasteiger partial charge on any atom is -1.00 e. The zero-order valence-corrected chi connectivity index (χ0v) is 18.7. The van der Waals surface area contributed by atoms with Crippen LogP contribution in [0.2, 0.25) is 0 Å². The number of hydrogen-bond acceptors (Lipinski definition) is 0. The Hall–Kier alpha value is -1.27.